The lowest BCUT2D eigenvalue weighted by Crippen LogP contribution is -2.43. The Balaban J connectivity index is 2.19. The number of hydrogen-bond donors (Lipinski definition) is 3. The molecule has 0 bridgehead atoms. The molecule has 0 radical (unpaired) electrons. The van der Waals surface area contributed by atoms with E-state index < -0.39 is 37.1 Å². The third-order valence-corrected chi connectivity index (χ3v) is 4.27. The number of alkyl halides is 1. The van der Waals surface area contributed by atoms with E-state index in [4.69, 9.17) is 14.1 Å². The maximum absolute atomic E-state index is 14.6. The number of carbonyl (C=O) groups is 1. The van der Waals surface area contributed by atoms with Gasteiger partial charge in [-0.15, -0.1) is 0 Å². The van der Waals surface area contributed by atoms with Crippen LogP contribution in [0.25, 0.3) is 0 Å². The molecule has 3 N–H and O–H groups in total. The molecule has 0 unspecified atom stereocenters. The van der Waals surface area contributed by atoms with Crippen LogP contribution in [0, 0.1) is 17.1 Å². The molecule has 1 amide bonds. The van der Waals surface area contributed by atoms with Crippen LogP contribution in [-0.4, -0.2) is 47.3 Å². The van der Waals surface area contributed by atoms with E-state index in [1.54, 1.807) is 6.07 Å². The van der Waals surface area contributed by atoms with Gasteiger partial charge in [0.05, 0.1) is 33.1 Å². The summed E-state index contributed by atoms with van der Waals surface area (Å²) in [6, 6.07) is 4.18. The number of ether oxygens (including phenoxy) is 1. The second-order valence-electron chi connectivity index (χ2n) is 7.59. The predicted octanol–water partition coefficient (Wildman–Crippen LogP) is 3.54. The molecule has 2 heterocycles. The van der Waals surface area contributed by atoms with Gasteiger partial charge in [0, 0.05) is 31.5 Å². The monoisotopic (exact) mass is 435 g/mol. The van der Waals surface area contributed by atoms with Crippen LogP contribution in [0.15, 0.2) is 24.5 Å². The molecule has 10 heteroatoms. The molecular formula is C21H26F2N6O2. The molecule has 2 aromatic heterocycles. The summed E-state index contributed by atoms with van der Waals surface area (Å²) in [5.74, 6) is -1.39. The van der Waals surface area contributed by atoms with Crippen LogP contribution in [0.4, 0.5) is 26.1 Å². The first-order chi connectivity index (χ1) is 15.7. The average molecular weight is 435 g/mol. The van der Waals surface area contributed by atoms with Crippen LogP contribution in [0.3, 0.4) is 0 Å². The van der Waals surface area contributed by atoms with Crippen molar-refractivity contribution in [3.63, 3.8) is 0 Å². The Morgan fingerprint density at radius 3 is 2.71 bits per heavy atom. The van der Waals surface area contributed by atoms with Gasteiger partial charge in [0.25, 0.3) is 5.91 Å². The van der Waals surface area contributed by atoms with Crippen molar-refractivity contribution >= 4 is 23.2 Å². The summed E-state index contributed by atoms with van der Waals surface area (Å²) in [6.45, 7) is 5.73. The van der Waals surface area contributed by atoms with Gasteiger partial charge in [-0.2, -0.15) is 5.26 Å². The fraction of sp³-hybridized carbons (Fsp3) is 0.429. The first-order valence-corrected chi connectivity index (χ1v) is 9.43. The number of hydrogen-bond acceptors (Lipinski definition) is 7. The molecule has 8 nitrogen and oxygen atoms in total. The van der Waals surface area contributed by atoms with Crippen LogP contribution in [0.5, 0.6) is 0 Å². The largest absolute Gasteiger partial charge is 0.382 e. The fourth-order valence-corrected chi connectivity index (χ4v) is 2.43. The maximum atomic E-state index is 14.6. The highest BCUT2D eigenvalue weighted by atomic mass is 19.1. The number of methoxy groups -OCH3 is 1. The van der Waals surface area contributed by atoms with E-state index in [2.05, 4.69) is 25.9 Å². The Hall–Kier alpha value is -3.32. The van der Waals surface area contributed by atoms with Gasteiger partial charge in [0.2, 0.25) is 0 Å². The Bertz CT molecular complexity index is 1070. The van der Waals surface area contributed by atoms with Crippen LogP contribution >= 0.6 is 0 Å². The highest BCUT2D eigenvalue weighted by molar-refractivity contribution is 5.99. The summed E-state index contributed by atoms with van der Waals surface area (Å²) in [6.07, 6.45) is 0.616. The first-order valence-electron chi connectivity index (χ1n) is 10.9. The summed E-state index contributed by atoms with van der Waals surface area (Å²) >= 11 is 0. The van der Waals surface area contributed by atoms with Gasteiger partial charge in [0.15, 0.2) is 11.6 Å². The van der Waals surface area contributed by atoms with Crippen molar-refractivity contribution < 1.29 is 22.4 Å². The minimum Gasteiger partial charge on any atom is -0.382 e. The maximum Gasteiger partial charge on any atom is 0.255 e. The summed E-state index contributed by atoms with van der Waals surface area (Å²) in [5.41, 5.74) is -1.17. The zero-order chi connectivity index (χ0) is 25.7. The smallest absolute Gasteiger partial charge is 0.255 e. The second-order valence-corrected chi connectivity index (χ2v) is 7.59. The van der Waals surface area contributed by atoms with Crippen molar-refractivity contribution in [3.05, 3.63) is 41.5 Å². The third kappa shape index (κ3) is 6.33. The quantitative estimate of drug-likeness (QED) is 0.552. The number of anilines is 3. The lowest BCUT2D eigenvalue weighted by atomic mass is 10.0. The SMILES string of the molecule is [2H]C([2H])([2H])OC(C)(C)[C@H](F)CNC(=O)c1cnc(Nc2ncc(C#N)cc2F)cc1NC(C)C. The molecule has 0 aliphatic heterocycles. The van der Waals surface area contributed by atoms with Crippen molar-refractivity contribution in [1.29, 1.82) is 5.26 Å². The molecule has 0 aliphatic carbocycles. The zero-order valence-electron chi connectivity index (χ0n) is 20.6. The summed E-state index contributed by atoms with van der Waals surface area (Å²) < 4.78 is 55.0. The standard InChI is InChI=1S/C21H26F2N6O2/c1-12(2)28-16-7-18(29-19-15(22)6-13(8-24)9-26-19)25-10-14(16)20(30)27-11-17(23)21(3,4)31-5/h6-7,9-10,12,17H,11H2,1-5H3,(H,27,30)(H2,25,26,28,29)/t17-/m1/s1/i5D3. The number of rotatable bonds is 9. The lowest BCUT2D eigenvalue weighted by Gasteiger charge is -2.27. The Morgan fingerprint density at radius 2 is 2.10 bits per heavy atom. The molecule has 166 valence electrons. The van der Waals surface area contributed by atoms with Crippen molar-refractivity contribution in [1.82, 2.24) is 15.3 Å². The van der Waals surface area contributed by atoms with Crippen LogP contribution in [-0.2, 0) is 4.74 Å². The van der Waals surface area contributed by atoms with Crippen molar-refractivity contribution in [3.8, 4) is 6.07 Å². The zero-order valence-corrected chi connectivity index (χ0v) is 17.6. The van der Waals surface area contributed by atoms with E-state index in [1.165, 1.54) is 32.3 Å². The predicted molar refractivity (Wildman–Crippen MR) is 114 cm³/mol. The van der Waals surface area contributed by atoms with Gasteiger partial charge in [-0.05, 0) is 33.8 Å². The number of nitrogens with one attached hydrogen (secondary N) is 3. The normalized spacial score (nSPS) is 14.1. The number of nitriles is 1. The van der Waals surface area contributed by atoms with Gasteiger partial charge < -0.3 is 20.7 Å². The number of amides is 1. The molecule has 0 aliphatic rings. The number of aromatic nitrogens is 2. The summed E-state index contributed by atoms with van der Waals surface area (Å²) in [4.78, 5) is 20.7. The van der Waals surface area contributed by atoms with Gasteiger partial charge in [-0.3, -0.25) is 4.79 Å². The molecule has 31 heavy (non-hydrogen) atoms. The molecule has 0 aromatic carbocycles. The fourth-order valence-electron chi connectivity index (χ4n) is 2.43. The van der Waals surface area contributed by atoms with Gasteiger partial charge >= 0.3 is 0 Å². The van der Waals surface area contributed by atoms with Gasteiger partial charge in [-0.1, -0.05) is 0 Å². The summed E-state index contributed by atoms with van der Waals surface area (Å²) in [7, 11) is -2.79. The first kappa shape index (κ1) is 19.6. The Labute approximate surface area is 184 Å². The Kier molecular flexibility index (Phi) is 6.41. The van der Waals surface area contributed by atoms with Crippen LogP contribution in [0.1, 0.15) is 47.7 Å². The number of nitrogens with zero attached hydrogens (tertiary/aromatic N) is 3. The topological polar surface area (TPSA) is 112 Å². The molecule has 0 spiro atoms. The van der Waals surface area contributed by atoms with Gasteiger partial charge in [0.1, 0.15) is 18.1 Å². The minimum atomic E-state index is -2.79. The van der Waals surface area contributed by atoms with E-state index >= 15 is 0 Å². The van der Waals surface area contributed by atoms with Crippen molar-refractivity contribution in [2.45, 2.75) is 45.5 Å². The Morgan fingerprint density at radius 1 is 1.35 bits per heavy atom. The third-order valence-electron chi connectivity index (χ3n) is 4.27. The van der Waals surface area contributed by atoms with Crippen LogP contribution < -0.4 is 16.0 Å². The van der Waals surface area contributed by atoms with E-state index in [0.29, 0.717) is 5.69 Å². The van der Waals surface area contributed by atoms with Crippen molar-refractivity contribution in [2.24, 2.45) is 0 Å². The van der Waals surface area contributed by atoms with Crippen LogP contribution in [0.2, 0.25) is 0 Å². The van der Waals surface area contributed by atoms with Gasteiger partial charge in [-0.25, -0.2) is 18.7 Å². The molecule has 0 saturated heterocycles. The number of carbonyl (C=O) groups excluding carboxylic acids is 1. The molecule has 0 saturated carbocycles. The van der Waals surface area contributed by atoms with E-state index in [9.17, 15) is 13.6 Å². The van der Waals surface area contributed by atoms with Crippen molar-refractivity contribution in [2.75, 3.05) is 24.2 Å². The van der Waals surface area contributed by atoms with E-state index in [1.807, 2.05) is 13.8 Å². The molecule has 2 aromatic rings. The summed E-state index contributed by atoms with van der Waals surface area (Å²) in [5, 5.41) is 17.0. The van der Waals surface area contributed by atoms with E-state index in [-0.39, 0.29) is 28.8 Å². The number of pyridine rings is 2. The lowest BCUT2D eigenvalue weighted by molar-refractivity contribution is -0.0404. The second kappa shape index (κ2) is 10.1. The minimum absolute atomic E-state index is 0.0591. The molecular weight excluding hydrogens is 406 g/mol. The number of halogens is 2. The van der Waals surface area contributed by atoms with E-state index in [0.717, 1.165) is 6.07 Å². The highest BCUT2D eigenvalue weighted by Crippen LogP contribution is 2.23. The molecule has 1 atom stereocenters. The molecule has 0 fully saturated rings. The molecule has 2 rings (SSSR count). The average Bonchev–Trinajstić information content (AvgIpc) is 2.71. The highest BCUT2D eigenvalue weighted by Gasteiger charge is 2.30.